The molecule has 0 heterocycles. The van der Waals surface area contributed by atoms with Crippen LogP contribution in [-0.2, 0) is 0 Å². The Bertz CT molecular complexity index is 1060. The molecule has 0 saturated carbocycles. The summed E-state index contributed by atoms with van der Waals surface area (Å²) < 4.78 is 0. The van der Waals surface area contributed by atoms with Crippen molar-refractivity contribution in [2.24, 2.45) is 0 Å². The molecule has 3 aromatic carbocycles. The molecule has 129 valence electrons. The van der Waals surface area contributed by atoms with E-state index in [4.69, 9.17) is 0 Å². The van der Waals surface area contributed by atoms with Crippen molar-refractivity contribution in [2.75, 3.05) is 0 Å². The fraction of sp³-hybridized carbons (Fsp3) is 0.154. The lowest BCUT2D eigenvalue weighted by molar-refractivity contribution is 1.40. The summed E-state index contributed by atoms with van der Waals surface area (Å²) >= 11 is 0. The third-order valence-corrected chi connectivity index (χ3v) is 4.55. The van der Waals surface area contributed by atoms with E-state index in [1.807, 2.05) is 36.4 Å². The van der Waals surface area contributed by atoms with Gasteiger partial charge in [-0.15, -0.1) is 0 Å². The lowest BCUT2D eigenvalue weighted by Crippen LogP contribution is -2.15. The maximum atomic E-state index is 3.30. The molecule has 0 aromatic heterocycles. The molecular formula is C26H22B. The van der Waals surface area contributed by atoms with Gasteiger partial charge in [0.2, 0.25) is 0 Å². The van der Waals surface area contributed by atoms with E-state index in [9.17, 15) is 0 Å². The Labute approximate surface area is 163 Å². The summed E-state index contributed by atoms with van der Waals surface area (Å²) in [5, 5.41) is 0. The van der Waals surface area contributed by atoms with E-state index < -0.39 is 0 Å². The van der Waals surface area contributed by atoms with Crippen molar-refractivity contribution in [3.8, 4) is 23.7 Å². The maximum Gasteiger partial charge on any atom is 0.148 e. The van der Waals surface area contributed by atoms with E-state index in [1.165, 1.54) is 22.2 Å². The molecule has 0 aliphatic carbocycles. The van der Waals surface area contributed by atoms with Crippen molar-refractivity contribution in [3.63, 3.8) is 0 Å². The fourth-order valence-electron chi connectivity index (χ4n) is 2.84. The molecule has 0 nitrogen and oxygen atoms in total. The Morgan fingerprint density at radius 3 is 1.59 bits per heavy atom. The first kappa shape index (κ1) is 18.6. The normalized spacial score (nSPS) is 9.63. The largest absolute Gasteiger partial charge is 0.148 e. The van der Waals surface area contributed by atoms with Gasteiger partial charge in [-0.1, -0.05) is 65.3 Å². The van der Waals surface area contributed by atoms with Crippen LogP contribution in [0.1, 0.15) is 38.9 Å². The second-order valence-corrected chi connectivity index (χ2v) is 6.76. The summed E-state index contributed by atoms with van der Waals surface area (Å²) in [6.45, 7) is 8.38. The van der Waals surface area contributed by atoms with Crippen LogP contribution in [-0.4, -0.2) is 7.28 Å². The van der Waals surface area contributed by atoms with Crippen molar-refractivity contribution in [1.29, 1.82) is 0 Å². The van der Waals surface area contributed by atoms with Crippen LogP contribution in [0.3, 0.4) is 0 Å². The predicted octanol–water partition coefficient (Wildman–Crippen LogP) is 4.79. The van der Waals surface area contributed by atoms with Crippen LogP contribution in [0.25, 0.3) is 0 Å². The molecule has 3 aromatic rings. The zero-order valence-corrected chi connectivity index (χ0v) is 16.4. The molecular weight excluding hydrogens is 323 g/mol. The minimum atomic E-state index is 0.996. The number of aryl methyl sites for hydroxylation is 3. The smallest absolute Gasteiger partial charge is 0.0872 e. The fourth-order valence-corrected chi connectivity index (χ4v) is 2.84. The summed E-state index contributed by atoms with van der Waals surface area (Å²) in [7, 11) is 2.13. The highest BCUT2D eigenvalue weighted by Crippen LogP contribution is 2.09. The van der Waals surface area contributed by atoms with Gasteiger partial charge in [-0.05, 0) is 68.8 Å². The third kappa shape index (κ3) is 4.94. The SMILES string of the molecule is C[B]c1cc(C)c(C#Cc2ccc(C#Cc3ccc(C)cc3)cc2)cc1C. The molecule has 27 heavy (non-hydrogen) atoms. The number of hydrogen-bond acceptors (Lipinski definition) is 0. The van der Waals surface area contributed by atoms with Gasteiger partial charge in [0.25, 0.3) is 0 Å². The van der Waals surface area contributed by atoms with Gasteiger partial charge in [-0.3, -0.25) is 0 Å². The van der Waals surface area contributed by atoms with Gasteiger partial charge in [0.05, 0.1) is 0 Å². The van der Waals surface area contributed by atoms with Gasteiger partial charge in [-0.2, -0.15) is 0 Å². The van der Waals surface area contributed by atoms with Crippen LogP contribution in [0.4, 0.5) is 0 Å². The van der Waals surface area contributed by atoms with Crippen molar-refractivity contribution >= 4 is 12.7 Å². The molecule has 0 saturated heterocycles. The Morgan fingerprint density at radius 2 is 1.07 bits per heavy atom. The summed E-state index contributed by atoms with van der Waals surface area (Å²) in [5.41, 5.74) is 9.10. The summed E-state index contributed by atoms with van der Waals surface area (Å²) in [5.74, 6) is 13.0. The second kappa shape index (κ2) is 8.48. The van der Waals surface area contributed by atoms with Gasteiger partial charge in [0.1, 0.15) is 7.28 Å². The van der Waals surface area contributed by atoms with Crippen LogP contribution in [0, 0.1) is 44.5 Å². The minimum Gasteiger partial charge on any atom is -0.0872 e. The number of hydrogen-bond donors (Lipinski definition) is 0. The third-order valence-electron chi connectivity index (χ3n) is 4.55. The highest BCUT2D eigenvalue weighted by molar-refractivity contribution is 6.52. The van der Waals surface area contributed by atoms with Crippen molar-refractivity contribution in [3.05, 3.63) is 99.6 Å². The summed E-state index contributed by atoms with van der Waals surface area (Å²) in [6.07, 6.45) is 0. The molecule has 0 aliphatic heterocycles. The first-order chi connectivity index (χ1) is 13.0. The molecule has 0 unspecified atom stereocenters. The average Bonchev–Trinajstić information content (AvgIpc) is 2.68. The van der Waals surface area contributed by atoms with E-state index in [2.05, 4.69) is 82.8 Å². The molecule has 0 atom stereocenters. The molecule has 0 spiro atoms. The van der Waals surface area contributed by atoms with Crippen molar-refractivity contribution in [2.45, 2.75) is 27.6 Å². The van der Waals surface area contributed by atoms with Crippen molar-refractivity contribution in [1.82, 2.24) is 0 Å². The van der Waals surface area contributed by atoms with Crippen LogP contribution in [0.5, 0.6) is 0 Å². The standard InChI is InChI=1S/C26H22B/c1-19-5-7-22(8-6-19)9-10-23-11-13-24(14-12-23)15-16-25-17-21(3)26(27-4)18-20(25)2/h5-8,11-14,17-18H,1-4H3. The minimum absolute atomic E-state index is 0.996. The van der Waals surface area contributed by atoms with Crippen LogP contribution < -0.4 is 5.46 Å². The van der Waals surface area contributed by atoms with Crippen LogP contribution >= 0.6 is 0 Å². The maximum absolute atomic E-state index is 3.30. The van der Waals surface area contributed by atoms with Gasteiger partial charge in [0.15, 0.2) is 0 Å². The zero-order valence-electron chi connectivity index (χ0n) is 16.4. The molecule has 0 fully saturated rings. The molecule has 1 radical (unpaired) electrons. The quantitative estimate of drug-likeness (QED) is 0.439. The van der Waals surface area contributed by atoms with Crippen LogP contribution in [0.2, 0.25) is 6.82 Å². The summed E-state index contributed by atoms with van der Waals surface area (Å²) in [6, 6.07) is 20.7. The monoisotopic (exact) mass is 345 g/mol. The van der Waals surface area contributed by atoms with Gasteiger partial charge in [0, 0.05) is 22.3 Å². The van der Waals surface area contributed by atoms with E-state index >= 15 is 0 Å². The van der Waals surface area contributed by atoms with E-state index in [0.29, 0.717) is 0 Å². The summed E-state index contributed by atoms with van der Waals surface area (Å²) in [4.78, 5) is 0. The first-order valence-electron chi connectivity index (χ1n) is 9.16. The lowest BCUT2D eigenvalue weighted by Gasteiger charge is -2.06. The Balaban J connectivity index is 1.77. The van der Waals surface area contributed by atoms with E-state index in [0.717, 1.165) is 22.3 Å². The highest BCUT2D eigenvalue weighted by Gasteiger charge is 2.01. The Kier molecular flexibility index (Phi) is 5.85. The highest BCUT2D eigenvalue weighted by atomic mass is 14.0. The first-order valence-corrected chi connectivity index (χ1v) is 9.16. The topological polar surface area (TPSA) is 0 Å². The van der Waals surface area contributed by atoms with E-state index in [-0.39, 0.29) is 0 Å². The Hall–Kier alpha value is -3.16. The number of benzene rings is 3. The average molecular weight is 345 g/mol. The van der Waals surface area contributed by atoms with Gasteiger partial charge in [-0.25, -0.2) is 0 Å². The molecule has 1 heteroatoms. The molecule has 0 aliphatic rings. The molecule has 0 amide bonds. The zero-order chi connectivity index (χ0) is 19.2. The lowest BCUT2D eigenvalue weighted by atomic mass is 9.70. The van der Waals surface area contributed by atoms with Gasteiger partial charge < -0.3 is 0 Å². The van der Waals surface area contributed by atoms with Crippen LogP contribution in [0.15, 0.2) is 60.7 Å². The van der Waals surface area contributed by atoms with Gasteiger partial charge >= 0.3 is 0 Å². The molecule has 0 N–H and O–H groups in total. The predicted molar refractivity (Wildman–Crippen MR) is 117 cm³/mol. The Morgan fingerprint density at radius 1 is 0.593 bits per heavy atom. The van der Waals surface area contributed by atoms with E-state index in [1.54, 1.807) is 0 Å². The molecule has 0 bridgehead atoms. The molecule has 3 rings (SSSR count). The second-order valence-electron chi connectivity index (χ2n) is 6.76. The number of rotatable bonds is 1. The van der Waals surface area contributed by atoms with Crippen molar-refractivity contribution < 1.29 is 0 Å².